The summed E-state index contributed by atoms with van der Waals surface area (Å²) in [5.74, 6) is 0. The molecule has 0 heterocycles. The van der Waals surface area contributed by atoms with Crippen LogP contribution in [-0.2, 0) is 4.84 Å². The molecule has 0 bridgehead atoms. The molecule has 1 unspecified atom stereocenters. The number of quaternary nitrogens is 1. The zero-order valence-electron chi connectivity index (χ0n) is 7.20. The highest BCUT2D eigenvalue weighted by atomic mass is 16.9. The van der Waals surface area contributed by atoms with Crippen LogP contribution in [-0.4, -0.2) is 7.11 Å². The second-order valence-electron chi connectivity index (χ2n) is 2.52. The molecule has 0 saturated carbocycles. The fourth-order valence-electron chi connectivity index (χ4n) is 0.941. The number of nitrogens with one attached hydrogen (secondary N) is 1. The molecular weight excluding hydrogens is 172 g/mol. The van der Waals surface area contributed by atoms with Gasteiger partial charge in [-0.05, 0) is 6.07 Å². The lowest BCUT2D eigenvalue weighted by atomic mass is 10.2. The normalized spacial score (nSPS) is 12.8. The molecule has 0 aliphatic heterocycles. The SMILES string of the molecule is CO[NH+]([O-])c1ccc(N)c(N)c1N. The van der Waals surface area contributed by atoms with Crippen molar-refractivity contribution < 1.29 is 10.1 Å². The van der Waals surface area contributed by atoms with E-state index in [2.05, 4.69) is 4.84 Å². The fraction of sp³-hybridized carbons (Fsp3) is 0.143. The van der Waals surface area contributed by atoms with Crippen molar-refractivity contribution in [1.82, 2.24) is 0 Å². The quantitative estimate of drug-likeness (QED) is 0.348. The Labute approximate surface area is 75.4 Å². The molecule has 0 aliphatic carbocycles. The third-order valence-electron chi connectivity index (χ3n) is 1.73. The van der Waals surface area contributed by atoms with Crippen molar-refractivity contribution in [2.24, 2.45) is 0 Å². The standard InChI is InChI=1S/C7H12N4O2/c1-13-11(12)5-3-2-4(8)6(9)7(5)10/h2-3,11H,8-10H2,1H3. The van der Waals surface area contributed by atoms with Crippen LogP contribution in [0.2, 0.25) is 0 Å². The minimum atomic E-state index is -0.524. The van der Waals surface area contributed by atoms with Crippen LogP contribution < -0.4 is 22.4 Å². The van der Waals surface area contributed by atoms with Crippen molar-refractivity contribution in [3.63, 3.8) is 0 Å². The Bertz CT molecular complexity index is 316. The molecule has 1 aromatic carbocycles. The molecule has 7 N–H and O–H groups in total. The summed E-state index contributed by atoms with van der Waals surface area (Å²) in [6.07, 6.45) is 0. The van der Waals surface area contributed by atoms with Gasteiger partial charge in [-0.25, -0.2) is 4.84 Å². The Morgan fingerprint density at radius 2 is 1.85 bits per heavy atom. The van der Waals surface area contributed by atoms with Gasteiger partial charge in [0.25, 0.3) is 0 Å². The Morgan fingerprint density at radius 3 is 2.38 bits per heavy atom. The van der Waals surface area contributed by atoms with Crippen LogP contribution in [0.1, 0.15) is 0 Å². The Kier molecular flexibility index (Phi) is 2.57. The number of hydrogen-bond acceptors (Lipinski definition) is 5. The molecule has 72 valence electrons. The summed E-state index contributed by atoms with van der Waals surface area (Å²) in [4.78, 5) is 4.50. The van der Waals surface area contributed by atoms with Gasteiger partial charge < -0.3 is 22.4 Å². The zero-order valence-corrected chi connectivity index (χ0v) is 7.20. The van der Waals surface area contributed by atoms with E-state index >= 15 is 0 Å². The van der Waals surface area contributed by atoms with E-state index in [0.717, 1.165) is 0 Å². The van der Waals surface area contributed by atoms with Gasteiger partial charge in [0, 0.05) is 6.07 Å². The van der Waals surface area contributed by atoms with Gasteiger partial charge in [-0.3, -0.25) is 0 Å². The predicted molar refractivity (Wildman–Crippen MR) is 50.7 cm³/mol. The molecule has 6 nitrogen and oxygen atoms in total. The van der Waals surface area contributed by atoms with Gasteiger partial charge in [0.05, 0.1) is 18.5 Å². The average Bonchev–Trinajstić information content (AvgIpc) is 2.13. The number of nitrogens with two attached hydrogens (primary N) is 3. The lowest BCUT2D eigenvalue weighted by molar-refractivity contribution is -0.992. The molecule has 0 fully saturated rings. The smallest absolute Gasteiger partial charge is 0.189 e. The minimum Gasteiger partial charge on any atom is -0.595 e. The van der Waals surface area contributed by atoms with Gasteiger partial charge in [-0.15, -0.1) is 0 Å². The summed E-state index contributed by atoms with van der Waals surface area (Å²) in [5.41, 5.74) is 17.5. The number of rotatable bonds is 2. The second kappa shape index (κ2) is 3.48. The average molecular weight is 184 g/mol. The molecule has 13 heavy (non-hydrogen) atoms. The fourth-order valence-corrected chi connectivity index (χ4v) is 0.941. The summed E-state index contributed by atoms with van der Waals surface area (Å²) < 4.78 is 0. The van der Waals surface area contributed by atoms with E-state index in [1.54, 1.807) is 0 Å². The maximum Gasteiger partial charge on any atom is 0.189 e. The van der Waals surface area contributed by atoms with Crippen molar-refractivity contribution >= 4 is 22.7 Å². The summed E-state index contributed by atoms with van der Waals surface area (Å²) in [7, 11) is 1.27. The van der Waals surface area contributed by atoms with Crippen LogP contribution in [0.5, 0.6) is 0 Å². The molecule has 0 aliphatic rings. The molecule has 0 spiro atoms. The largest absolute Gasteiger partial charge is 0.595 e. The topological polar surface area (TPSA) is 115 Å². The highest BCUT2D eigenvalue weighted by molar-refractivity contribution is 5.83. The van der Waals surface area contributed by atoms with Gasteiger partial charge in [-0.1, -0.05) is 0 Å². The summed E-state index contributed by atoms with van der Waals surface area (Å²) in [6.45, 7) is 0. The molecular formula is C7H12N4O2. The molecule has 0 saturated heterocycles. The molecule has 0 amide bonds. The van der Waals surface area contributed by atoms with E-state index in [0.29, 0.717) is 5.69 Å². The van der Waals surface area contributed by atoms with Gasteiger partial charge >= 0.3 is 0 Å². The Morgan fingerprint density at radius 1 is 1.23 bits per heavy atom. The third kappa shape index (κ3) is 1.64. The lowest BCUT2D eigenvalue weighted by Crippen LogP contribution is -3.00. The zero-order chi connectivity index (χ0) is 10.0. The Hall–Kier alpha value is -1.50. The van der Waals surface area contributed by atoms with Crippen molar-refractivity contribution in [3.8, 4) is 0 Å². The molecule has 1 atom stereocenters. The monoisotopic (exact) mass is 184 g/mol. The summed E-state index contributed by atoms with van der Waals surface area (Å²) >= 11 is 0. The molecule has 1 rings (SSSR count). The second-order valence-corrected chi connectivity index (χ2v) is 2.52. The van der Waals surface area contributed by atoms with E-state index in [1.165, 1.54) is 19.2 Å². The molecule has 0 radical (unpaired) electrons. The minimum absolute atomic E-state index is 0.159. The first kappa shape index (κ1) is 9.59. The maximum atomic E-state index is 11.1. The van der Waals surface area contributed by atoms with E-state index in [4.69, 9.17) is 17.2 Å². The van der Waals surface area contributed by atoms with Crippen LogP contribution in [0.15, 0.2) is 12.1 Å². The maximum absolute atomic E-state index is 11.1. The summed E-state index contributed by atoms with van der Waals surface area (Å²) in [6, 6.07) is 2.99. The number of anilines is 3. The van der Waals surface area contributed by atoms with Crippen LogP contribution >= 0.6 is 0 Å². The van der Waals surface area contributed by atoms with Crippen LogP contribution in [0.3, 0.4) is 0 Å². The van der Waals surface area contributed by atoms with Crippen molar-refractivity contribution in [2.75, 3.05) is 24.3 Å². The number of hydrogen-bond donors (Lipinski definition) is 4. The van der Waals surface area contributed by atoms with Crippen molar-refractivity contribution in [1.29, 1.82) is 0 Å². The molecule has 1 aromatic rings. The summed E-state index contributed by atoms with van der Waals surface area (Å²) in [5, 5.41) is 10.6. The van der Waals surface area contributed by atoms with E-state index in [-0.39, 0.29) is 17.1 Å². The lowest BCUT2D eigenvalue weighted by Gasteiger charge is -2.19. The third-order valence-corrected chi connectivity index (χ3v) is 1.73. The van der Waals surface area contributed by atoms with Crippen LogP contribution in [0.25, 0.3) is 0 Å². The number of nitrogen functional groups attached to an aromatic ring is 3. The first-order valence-corrected chi connectivity index (χ1v) is 3.59. The first-order chi connectivity index (χ1) is 6.07. The molecule has 6 heteroatoms. The van der Waals surface area contributed by atoms with Gasteiger partial charge in [0.15, 0.2) is 5.69 Å². The van der Waals surface area contributed by atoms with Gasteiger partial charge in [-0.2, -0.15) is 5.23 Å². The van der Waals surface area contributed by atoms with E-state index < -0.39 is 5.23 Å². The number of benzene rings is 1. The first-order valence-electron chi connectivity index (χ1n) is 3.59. The van der Waals surface area contributed by atoms with E-state index in [1.807, 2.05) is 0 Å². The van der Waals surface area contributed by atoms with Crippen molar-refractivity contribution in [3.05, 3.63) is 17.3 Å². The highest BCUT2D eigenvalue weighted by Crippen LogP contribution is 2.27. The van der Waals surface area contributed by atoms with Gasteiger partial charge in [0.1, 0.15) is 5.69 Å². The van der Waals surface area contributed by atoms with Gasteiger partial charge in [0.2, 0.25) is 0 Å². The van der Waals surface area contributed by atoms with Crippen LogP contribution in [0, 0.1) is 5.21 Å². The molecule has 0 aromatic heterocycles. The Balaban J connectivity index is 3.18. The highest BCUT2D eigenvalue weighted by Gasteiger charge is 2.11. The predicted octanol–water partition coefficient (Wildman–Crippen LogP) is -0.991. The van der Waals surface area contributed by atoms with E-state index in [9.17, 15) is 5.21 Å². The van der Waals surface area contributed by atoms with Crippen LogP contribution in [0.4, 0.5) is 22.7 Å². The van der Waals surface area contributed by atoms with Crippen molar-refractivity contribution in [2.45, 2.75) is 0 Å².